The summed E-state index contributed by atoms with van der Waals surface area (Å²) in [4.78, 5) is 3.58. The number of benzene rings is 1. The van der Waals surface area contributed by atoms with Crippen LogP contribution >= 0.6 is 11.3 Å². The monoisotopic (exact) mass is 315 g/mol. The van der Waals surface area contributed by atoms with Crippen molar-refractivity contribution in [1.82, 2.24) is 4.90 Å². The van der Waals surface area contributed by atoms with Gasteiger partial charge in [-0.3, -0.25) is 0 Å². The van der Waals surface area contributed by atoms with Gasteiger partial charge in [0.1, 0.15) is 5.82 Å². The first kappa shape index (κ1) is 14.4. The van der Waals surface area contributed by atoms with Crippen molar-refractivity contribution in [3.8, 4) is 0 Å². The lowest BCUT2D eigenvalue weighted by molar-refractivity contribution is 0.413. The van der Waals surface area contributed by atoms with Crippen LogP contribution in [0.25, 0.3) is 15.7 Å². The van der Waals surface area contributed by atoms with E-state index in [1.807, 2.05) is 12.1 Å². The molecule has 1 saturated carbocycles. The molecule has 22 heavy (non-hydrogen) atoms. The lowest BCUT2D eigenvalue weighted by Crippen LogP contribution is -2.21. The third-order valence-corrected chi connectivity index (χ3v) is 6.28. The fourth-order valence-corrected chi connectivity index (χ4v) is 5.58. The molecule has 0 N–H and O–H groups in total. The number of halogens is 1. The van der Waals surface area contributed by atoms with Gasteiger partial charge in [-0.25, -0.2) is 4.39 Å². The molecule has 116 valence electrons. The quantitative estimate of drug-likeness (QED) is 0.755. The Morgan fingerprint density at radius 1 is 1.27 bits per heavy atom. The van der Waals surface area contributed by atoms with Crippen LogP contribution in [0.4, 0.5) is 4.39 Å². The number of thiophene rings is 1. The summed E-state index contributed by atoms with van der Waals surface area (Å²) in [5.41, 5.74) is 3.14. The molecule has 4 rings (SSSR count). The highest BCUT2D eigenvalue weighted by atomic mass is 32.1. The van der Waals surface area contributed by atoms with Gasteiger partial charge in [0.25, 0.3) is 0 Å². The Balaban J connectivity index is 1.84. The van der Waals surface area contributed by atoms with Crippen molar-refractivity contribution >= 4 is 27.0 Å². The minimum absolute atomic E-state index is 0.0881. The van der Waals surface area contributed by atoms with E-state index < -0.39 is 0 Å². The van der Waals surface area contributed by atoms with Crippen molar-refractivity contribution in [1.29, 1.82) is 0 Å². The number of nitrogens with zero attached hydrogens (tertiary/aromatic N) is 1. The number of likely N-dealkylation sites (N-methyl/N-ethyl adjacent to an activating group) is 1. The number of rotatable bonds is 3. The molecule has 3 heteroatoms. The standard InChI is InChI=1S/C19H22FNS/c1-21(2)11-14-9-12-6-7-13(8-12)19(14)18-10-15-16(20)4-3-5-17(15)22-18/h3-5,10,12-13H,6-9,11H2,1-2H3. The van der Waals surface area contributed by atoms with Crippen LogP contribution < -0.4 is 0 Å². The Labute approximate surface area is 135 Å². The fourth-order valence-electron chi connectivity index (χ4n) is 4.33. The summed E-state index contributed by atoms with van der Waals surface area (Å²) < 4.78 is 15.1. The largest absolute Gasteiger partial charge is 0.305 e. The van der Waals surface area contributed by atoms with Crippen LogP contribution in [0.3, 0.4) is 0 Å². The van der Waals surface area contributed by atoms with Crippen LogP contribution in [0.5, 0.6) is 0 Å². The van der Waals surface area contributed by atoms with Crippen molar-refractivity contribution < 1.29 is 4.39 Å². The first-order valence-corrected chi connectivity index (χ1v) is 8.98. The summed E-state index contributed by atoms with van der Waals surface area (Å²) in [5, 5.41) is 0.791. The predicted octanol–water partition coefficient (Wildman–Crippen LogP) is 5.18. The smallest absolute Gasteiger partial charge is 0.131 e. The zero-order valence-electron chi connectivity index (χ0n) is 13.2. The molecule has 1 aromatic heterocycles. The van der Waals surface area contributed by atoms with Gasteiger partial charge in [0.15, 0.2) is 0 Å². The molecule has 2 aromatic rings. The molecular formula is C19H22FNS. The molecule has 2 aliphatic carbocycles. The maximum Gasteiger partial charge on any atom is 0.131 e. The van der Waals surface area contributed by atoms with Crippen LogP contribution in [0.1, 0.15) is 30.6 Å². The van der Waals surface area contributed by atoms with Crippen LogP contribution in [0.15, 0.2) is 29.8 Å². The second-order valence-electron chi connectivity index (χ2n) is 7.10. The van der Waals surface area contributed by atoms with Crippen LogP contribution in [0.2, 0.25) is 0 Å². The lowest BCUT2D eigenvalue weighted by atomic mass is 9.82. The number of fused-ring (bicyclic) bond motifs is 3. The summed E-state index contributed by atoms with van der Waals surface area (Å²) in [6.07, 6.45) is 5.25. The molecule has 2 aliphatic rings. The minimum Gasteiger partial charge on any atom is -0.305 e. The Bertz CT molecular complexity index is 743. The molecule has 2 bridgehead atoms. The second kappa shape index (κ2) is 5.47. The Hall–Kier alpha value is -1.19. The molecule has 1 fully saturated rings. The van der Waals surface area contributed by atoms with Crippen LogP contribution in [-0.2, 0) is 0 Å². The van der Waals surface area contributed by atoms with Crippen LogP contribution in [0, 0.1) is 17.7 Å². The summed E-state index contributed by atoms with van der Waals surface area (Å²) in [7, 11) is 4.29. The van der Waals surface area contributed by atoms with Gasteiger partial charge in [0, 0.05) is 21.5 Å². The molecule has 0 saturated heterocycles. The van der Waals surface area contributed by atoms with E-state index in [0.29, 0.717) is 5.92 Å². The molecule has 2 unspecified atom stereocenters. The third-order valence-electron chi connectivity index (χ3n) is 5.15. The zero-order valence-corrected chi connectivity index (χ0v) is 14.0. The van der Waals surface area contributed by atoms with Crippen molar-refractivity contribution in [2.75, 3.05) is 20.6 Å². The van der Waals surface area contributed by atoms with Gasteiger partial charge >= 0.3 is 0 Å². The number of allylic oxidation sites excluding steroid dienone is 1. The Morgan fingerprint density at radius 3 is 2.91 bits per heavy atom. The summed E-state index contributed by atoms with van der Waals surface area (Å²) in [6.45, 7) is 1.04. The van der Waals surface area contributed by atoms with E-state index >= 15 is 0 Å². The second-order valence-corrected chi connectivity index (χ2v) is 8.18. The van der Waals surface area contributed by atoms with E-state index in [-0.39, 0.29) is 5.82 Å². The highest BCUT2D eigenvalue weighted by Gasteiger charge is 2.35. The normalized spacial score (nSPS) is 24.7. The van der Waals surface area contributed by atoms with Gasteiger partial charge in [0.2, 0.25) is 0 Å². The van der Waals surface area contributed by atoms with Gasteiger partial charge in [-0.05, 0) is 75.4 Å². The average molecular weight is 315 g/mol. The molecule has 1 nitrogen and oxygen atoms in total. The Morgan fingerprint density at radius 2 is 2.14 bits per heavy atom. The SMILES string of the molecule is CN(C)CC1=C(c2cc3c(F)cccc3s2)C2CCC(C1)C2. The molecule has 2 atom stereocenters. The van der Waals surface area contributed by atoms with Crippen molar-refractivity contribution in [3.05, 3.63) is 40.5 Å². The maximum atomic E-state index is 14.0. The number of hydrogen-bond donors (Lipinski definition) is 0. The van der Waals surface area contributed by atoms with E-state index in [1.165, 1.54) is 30.6 Å². The molecule has 1 aromatic carbocycles. The first-order valence-electron chi connectivity index (χ1n) is 8.17. The van der Waals surface area contributed by atoms with E-state index in [9.17, 15) is 4.39 Å². The zero-order chi connectivity index (χ0) is 15.3. The number of hydrogen-bond acceptors (Lipinski definition) is 2. The average Bonchev–Trinajstić information content (AvgIpc) is 3.04. The van der Waals surface area contributed by atoms with Gasteiger partial charge in [-0.1, -0.05) is 11.6 Å². The topological polar surface area (TPSA) is 3.24 Å². The van der Waals surface area contributed by atoms with Crippen molar-refractivity contribution in [2.24, 2.45) is 11.8 Å². The third kappa shape index (κ3) is 2.40. The molecule has 0 radical (unpaired) electrons. The molecule has 0 aliphatic heterocycles. The van der Waals surface area contributed by atoms with E-state index in [4.69, 9.17) is 0 Å². The molecule has 0 spiro atoms. The van der Waals surface area contributed by atoms with Crippen molar-refractivity contribution in [2.45, 2.75) is 25.7 Å². The Kier molecular flexibility index (Phi) is 3.58. The van der Waals surface area contributed by atoms with Crippen molar-refractivity contribution in [3.63, 3.8) is 0 Å². The van der Waals surface area contributed by atoms with E-state index in [1.54, 1.807) is 28.5 Å². The molecule has 1 heterocycles. The molecular weight excluding hydrogens is 293 g/mol. The lowest BCUT2D eigenvalue weighted by Gasteiger charge is -2.28. The van der Waals surface area contributed by atoms with Gasteiger partial charge in [-0.2, -0.15) is 0 Å². The van der Waals surface area contributed by atoms with Gasteiger partial charge in [-0.15, -0.1) is 11.3 Å². The van der Waals surface area contributed by atoms with Crippen LogP contribution in [-0.4, -0.2) is 25.5 Å². The predicted molar refractivity (Wildman–Crippen MR) is 92.7 cm³/mol. The first-order chi connectivity index (χ1) is 10.6. The fraction of sp³-hybridized carbons (Fsp3) is 0.474. The van der Waals surface area contributed by atoms with Gasteiger partial charge < -0.3 is 4.90 Å². The highest BCUT2D eigenvalue weighted by molar-refractivity contribution is 7.20. The summed E-state index contributed by atoms with van der Waals surface area (Å²) in [5.74, 6) is 1.49. The summed E-state index contributed by atoms with van der Waals surface area (Å²) >= 11 is 1.77. The van der Waals surface area contributed by atoms with Gasteiger partial charge in [0.05, 0.1) is 0 Å². The molecule has 0 amide bonds. The maximum absolute atomic E-state index is 14.0. The summed E-state index contributed by atoms with van der Waals surface area (Å²) in [6, 6.07) is 7.53. The van der Waals surface area contributed by atoms with E-state index in [2.05, 4.69) is 25.1 Å². The minimum atomic E-state index is -0.0881. The highest BCUT2D eigenvalue weighted by Crippen LogP contribution is 2.51. The van der Waals surface area contributed by atoms with E-state index in [0.717, 1.165) is 22.5 Å².